The third-order valence-electron chi connectivity index (χ3n) is 4.67. The van der Waals surface area contributed by atoms with Gasteiger partial charge >= 0.3 is 18.1 Å². The predicted molar refractivity (Wildman–Crippen MR) is 114 cm³/mol. The zero-order chi connectivity index (χ0) is 24.7. The molecule has 6 nitrogen and oxygen atoms in total. The minimum atomic E-state index is -5.13. The molecule has 1 aliphatic rings. The second-order valence-corrected chi connectivity index (χ2v) is 8.84. The standard InChI is InChI=1S/C23H32F3N2O4/c1-7-15(3)18(28-21(31)23(24,25)26)19(29)27-17(20(30)32-22(4,5)6)13-14(2)12-16-10-8-9-11-16/h8-12,15,17-18H,7,13H2,1-6H3,(H,27,29)(H,28,31)/b14-12+/t15-,17+,18-/m0/s1. The monoisotopic (exact) mass is 457 g/mol. The van der Waals surface area contributed by atoms with Crippen molar-refractivity contribution in [2.75, 3.05) is 0 Å². The minimum Gasteiger partial charge on any atom is -0.458 e. The Kier molecular flexibility index (Phi) is 10.2. The highest BCUT2D eigenvalue weighted by atomic mass is 19.4. The molecule has 1 rings (SSSR count). The van der Waals surface area contributed by atoms with E-state index in [1.165, 1.54) is 0 Å². The number of rotatable bonds is 9. The molecule has 0 aromatic heterocycles. The molecule has 0 bridgehead atoms. The van der Waals surface area contributed by atoms with Crippen molar-refractivity contribution in [1.82, 2.24) is 10.6 Å². The van der Waals surface area contributed by atoms with E-state index >= 15 is 0 Å². The fourth-order valence-corrected chi connectivity index (χ4v) is 2.90. The zero-order valence-corrected chi connectivity index (χ0v) is 19.3. The van der Waals surface area contributed by atoms with Crippen LogP contribution in [0.5, 0.6) is 0 Å². The highest BCUT2D eigenvalue weighted by Gasteiger charge is 2.42. The van der Waals surface area contributed by atoms with Crippen LogP contribution in [0.25, 0.3) is 0 Å². The van der Waals surface area contributed by atoms with Gasteiger partial charge in [0.2, 0.25) is 5.91 Å². The number of nitrogens with one attached hydrogen (secondary N) is 2. The van der Waals surface area contributed by atoms with Gasteiger partial charge in [0.05, 0.1) is 0 Å². The first-order valence-corrected chi connectivity index (χ1v) is 10.4. The molecule has 0 saturated heterocycles. The Bertz CT molecular complexity index is 692. The second kappa shape index (κ2) is 11.7. The van der Waals surface area contributed by atoms with Crippen LogP contribution >= 0.6 is 0 Å². The Labute approximate surface area is 188 Å². The lowest BCUT2D eigenvalue weighted by molar-refractivity contribution is -0.175. The van der Waals surface area contributed by atoms with Gasteiger partial charge in [-0.3, -0.25) is 9.59 Å². The molecule has 179 valence electrons. The Balaban J connectivity index is 3.05. The number of carbonyl (C=O) groups excluding carboxylic acids is 3. The quantitative estimate of drug-likeness (QED) is 0.518. The van der Waals surface area contributed by atoms with E-state index < -0.39 is 47.6 Å². The number of hydrogen-bond acceptors (Lipinski definition) is 4. The Morgan fingerprint density at radius 1 is 1.09 bits per heavy atom. The molecule has 1 fully saturated rings. The van der Waals surface area contributed by atoms with Crippen LogP contribution in [0.4, 0.5) is 13.2 Å². The summed E-state index contributed by atoms with van der Waals surface area (Å²) in [5, 5.41) is 4.23. The summed E-state index contributed by atoms with van der Waals surface area (Å²) in [7, 11) is 0. The fourth-order valence-electron chi connectivity index (χ4n) is 2.90. The van der Waals surface area contributed by atoms with Crippen LogP contribution in [0.2, 0.25) is 0 Å². The van der Waals surface area contributed by atoms with Crippen LogP contribution < -0.4 is 10.6 Å². The van der Waals surface area contributed by atoms with Crippen molar-refractivity contribution in [3.8, 4) is 0 Å². The van der Waals surface area contributed by atoms with E-state index in [-0.39, 0.29) is 6.42 Å². The van der Waals surface area contributed by atoms with Crippen LogP contribution in [-0.4, -0.2) is 41.6 Å². The van der Waals surface area contributed by atoms with Crippen molar-refractivity contribution in [3.63, 3.8) is 0 Å². The lowest BCUT2D eigenvalue weighted by Gasteiger charge is -2.28. The smallest absolute Gasteiger partial charge is 0.458 e. The van der Waals surface area contributed by atoms with Crippen LogP contribution in [0.1, 0.15) is 54.4 Å². The number of alkyl halides is 3. The van der Waals surface area contributed by atoms with Crippen molar-refractivity contribution in [1.29, 1.82) is 0 Å². The van der Waals surface area contributed by atoms with Crippen molar-refractivity contribution >= 4 is 17.8 Å². The van der Waals surface area contributed by atoms with Gasteiger partial charge in [0.15, 0.2) is 0 Å². The SMILES string of the molecule is CC[C@H](C)[C@H](NC(=O)C(F)(F)F)C(=O)N[C@H](C/C(C)=C/[C]1[CH][CH][CH][CH]1)C(=O)OC(C)(C)C. The molecule has 3 atom stereocenters. The molecule has 1 aliphatic carbocycles. The van der Waals surface area contributed by atoms with Crippen molar-refractivity contribution in [2.45, 2.75) is 78.2 Å². The summed E-state index contributed by atoms with van der Waals surface area (Å²) in [5.74, 6) is -3.49. The number of esters is 1. The molecule has 0 aromatic carbocycles. The molecule has 5 radical (unpaired) electrons. The summed E-state index contributed by atoms with van der Waals surface area (Å²) >= 11 is 0. The number of hydrogen-bond donors (Lipinski definition) is 2. The third kappa shape index (κ3) is 9.61. The summed E-state index contributed by atoms with van der Waals surface area (Å²) in [6.07, 6.45) is 4.58. The number of allylic oxidation sites excluding steroid dienone is 1. The van der Waals surface area contributed by atoms with Crippen molar-refractivity contribution in [2.24, 2.45) is 5.92 Å². The normalized spacial score (nSPS) is 18.6. The number of carbonyl (C=O) groups is 3. The lowest BCUT2D eigenvalue weighted by atomic mass is 9.96. The predicted octanol–water partition coefficient (Wildman–Crippen LogP) is 3.65. The van der Waals surface area contributed by atoms with Crippen LogP contribution in [-0.2, 0) is 19.1 Å². The number of amides is 2. The highest BCUT2D eigenvalue weighted by molar-refractivity contribution is 5.92. The molecule has 0 aliphatic heterocycles. The van der Waals surface area contributed by atoms with Gasteiger partial charge in [-0.05, 0) is 65.7 Å². The van der Waals surface area contributed by atoms with E-state index in [0.29, 0.717) is 6.42 Å². The first-order valence-electron chi connectivity index (χ1n) is 10.4. The Morgan fingerprint density at radius 2 is 1.66 bits per heavy atom. The molecule has 0 unspecified atom stereocenters. The molecule has 1 saturated carbocycles. The maximum Gasteiger partial charge on any atom is 0.471 e. The topological polar surface area (TPSA) is 84.5 Å². The zero-order valence-electron chi connectivity index (χ0n) is 19.3. The maximum atomic E-state index is 12.9. The van der Waals surface area contributed by atoms with Gasteiger partial charge in [-0.2, -0.15) is 13.2 Å². The molecule has 0 spiro atoms. The summed E-state index contributed by atoms with van der Waals surface area (Å²) in [6, 6.07) is -2.60. The molecule has 2 N–H and O–H groups in total. The summed E-state index contributed by atoms with van der Waals surface area (Å²) in [6.45, 7) is 10.0. The van der Waals surface area contributed by atoms with Crippen LogP contribution in [0.3, 0.4) is 0 Å². The summed E-state index contributed by atoms with van der Waals surface area (Å²) in [5.41, 5.74) is -0.0731. The van der Waals surface area contributed by atoms with E-state index in [9.17, 15) is 27.6 Å². The fraction of sp³-hybridized carbons (Fsp3) is 0.565. The van der Waals surface area contributed by atoms with Gasteiger partial charge < -0.3 is 15.4 Å². The molecule has 0 heterocycles. The second-order valence-electron chi connectivity index (χ2n) is 8.84. The first-order chi connectivity index (χ1) is 14.6. The van der Waals surface area contributed by atoms with E-state index in [4.69, 9.17) is 4.74 Å². The molecular formula is C23H32F3N2O4. The Morgan fingerprint density at radius 3 is 2.12 bits per heavy atom. The maximum absolute atomic E-state index is 12.9. The third-order valence-corrected chi connectivity index (χ3v) is 4.67. The van der Waals surface area contributed by atoms with Crippen molar-refractivity contribution < 1.29 is 32.3 Å². The Hall–Kier alpha value is -2.06. The van der Waals surface area contributed by atoms with Gasteiger partial charge in [-0.25, -0.2) is 4.79 Å². The minimum absolute atomic E-state index is 0.0896. The van der Waals surface area contributed by atoms with Crippen molar-refractivity contribution in [3.05, 3.63) is 43.3 Å². The first kappa shape index (κ1) is 28.0. The van der Waals surface area contributed by atoms with Crippen LogP contribution in [0, 0.1) is 37.5 Å². The van der Waals surface area contributed by atoms with Crippen LogP contribution in [0.15, 0.2) is 11.6 Å². The van der Waals surface area contributed by atoms with Gasteiger partial charge in [-0.1, -0.05) is 31.9 Å². The molecule has 2 amide bonds. The average Bonchev–Trinajstić information content (AvgIpc) is 3.15. The van der Waals surface area contributed by atoms with Gasteiger partial charge in [-0.15, -0.1) is 0 Å². The van der Waals surface area contributed by atoms with E-state index in [0.717, 1.165) is 11.5 Å². The highest BCUT2D eigenvalue weighted by Crippen LogP contribution is 2.26. The number of halogens is 3. The molecular weight excluding hydrogens is 425 g/mol. The summed E-state index contributed by atoms with van der Waals surface area (Å²) < 4.78 is 43.6. The summed E-state index contributed by atoms with van der Waals surface area (Å²) in [4.78, 5) is 37.1. The van der Waals surface area contributed by atoms with Gasteiger partial charge in [0.1, 0.15) is 17.7 Å². The van der Waals surface area contributed by atoms with Gasteiger partial charge in [0, 0.05) is 5.92 Å². The van der Waals surface area contributed by atoms with E-state index in [2.05, 4.69) is 5.32 Å². The lowest BCUT2D eigenvalue weighted by Crippen LogP contribution is -2.56. The van der Waals surface area contributed by atoms with Gasteiger partial charge in [0.25, 0.3) is 0 Å². The van der Waals surface area contributed by atoms with E-state index in [1.54, 1.807) is 46.9 Å². The molecule has 9 heteroatoms. The van der Waals surface area contributed by atoms with E-state index in [1.807, 2.05) is 31.8 Å². The number of ether oxygens (including phenoxy) is 1. The average molecular weight is 458 g/mol. The molecule has 32 heavy (non-hydrogen) atoms. The largest absolute Gasteiger partial charge is 0.471 e. The molecule has 0 aromatic rings.